The Morgan fingerprint density at radius 2 is 1.90 bits per heavy atom. The summed E-state index contributed by atoms with van der Waals surface area (Å²) in [7, 11) is 0. The van der Waals surface area contributed by atoms with Crippen LogP contribution >= 0.6 is 11.6 Å². The van der Waals surface area contributed by atoms with Crippen LogP contribution < -0.4 is 11.1 Å². The van der Waals surface area contributed by atoms with Crippen LogP contribution in [-0.4, -0.2) is 22.9 Å². The van der Waals surface area contributed by atoms with Crippen molar-refractivity contribution >= 4 is 35.1 Å². The minimum Gasteiger partial charge on any atom is -0.481 e. The van der Waals surface area contributed by atoms with Crippen molar-refractivity contribution in [2.24, 2.45) is 17.6 Å². The highest BCUT2D eigenvalue weighted by Crippen LogP contribution is 2.35. The fraction of sp³-hybridized carbons (Fsp3) is 0.308. The lowest BCUT2D eigenvalue weighted by Gasteiger charge is -2.31. The van der Waals surface area contributed by atoms with E-state index in [4.69, 9.17) is 22.4 Å². The molecule has 1 saturated carbocycles. The number of carbonyl (C=O) groups excluding carboxylic acids is 2. The summed E-state index contributed by atoms with van der Waals surface area (Å²) in [5, 5.41) is 11.7. The molecule has 0 aliphatic heterocycles. The Kier molecular flexibility index (Phi) is 3.94. The molecule has 0 bridgehead atoms. The zero-order valence-electron chi connectivity index (χ0n) is 10.4. The number of hydrogen-bond donors (Lipinski definition) is 3. The van der Waals surface area contributed by atoms with Crippen LogP contribution in [-0.2, 0) is 9.59 Å². The zero-order valence-corrected chi connectivity index (χ0v) is 11.2. The van der Waals surface area contributed by atoms with Crippen LogP contribution in [0, 0.1) is 11.8 Å². The minimum absolute atomic E-state index is 0.105. The molecule has 0 heterocycles. The van der Waals surface area contributed by atoms with Gasteiger partial charge in [0.2, 0.25) is 11.8 Å². The van der Waals surface area contributed by atoms with E-state index < -0.39 is 23.7 Å². The van der Waals surface area contributed by atoms with Crippen LogP contribution in [0.25, 0.3) is 0 Å². The molecule has 2 rings (SSSR count). The van der Waals surface area contributed by atoms with Gasteiger partial charge < -0.3 is 16.2 Å². The molecule has 0 saturated heterocycles. The number of carbonyl (C=O) groups is 3. The van der Waals surface area contributed by atoms with Crippen molar-refractivity contribution in [3.05, 3.63) is 28.8 Å². The van der Waals surface area contributed by atoms with Gasteiger partial charge in [0.25, 0.3) is 0 Å². The fourth-order valence-electron chi connectivity index (χ4n) is 2.14. The van der Waals surface area contributed by atoms with Crippen LogP contribution in [0.2, 0.25) is 5.02 Å². The van der Waals surface area contributed by atoms with E-state index in [1.165, 1.54) is 18.2 Å². The van der Waals surface area contributed by atoms with Crippen molar-refractivity contribution in [1.82, 2.24) is 0 Å². The summed E-state index contributed by atoms with van der Waals surface area (Å²) in [6, 6.07) is 4.35. The van der Waals surface area contributed by atoms with Gasteiger partial charge in [0, 0.05) is 5.69 Å². The summed E-state index contributed by atoms with van der Waals surface area (Å²) >= 11 is 5.80. The zero-order chi connectivity index (χ0) is 14.9. The van der Waals surface area contributed by atoms with Gasteiger partial charge in [-0.2, -0.15) is 0 Å². The number of carboxylic acids is 1. The van der Waals surface area contributed by atoms with Gasteiger partial charge in [0.15, 0.2) is 0 Å². The number of halogens is 1. The van der Waals surface area contributed by atoms with E-state index in [0.29, 0.717) is 18.5 Å². The smallest absolute Gasteiger partial charge is 0.307 e. The number of benzene rings is 1. The summed E-state index contributed by atoms with van der Waals surface area (Å²) in [4.78, 5) is 34.0. The van der Waals surface area contributed by atoms with Gasteiger partial charge in [0.05, 0.1) is 22.4 Å². The second-order valence-electron chi connectivity index (χ2n) is 4.68. The second-order valence-corrected chi connectivity index (χ2v) is 5.08. The van der Waals surface area contributed by atoms with E-state index in [0.717, 1.165) is 0 Å². The highest BCUT2D eigenvalue weighted by atomic mass is 35.5. The monoisotopic (exact) mass is 296 g/mol. The lowest BCUT2D eigenvalue weighted by Crippen LogP contribution is -2.41. The summed E-state index contributed by atoms with van der Waals surface area (Å²) in [6.45, 7) is 0. The maximum absolute atomic E-state index is 12.0. The Labute approximate surface area is 119 Å². The molecule has 2 atom stereocenters. The molecule has 0 radical (unpaired) electrons. The molecule has 1 aliphatic carbocycles. The van der Waals surface area contributed by atoms with E-state index in [-0.39, 0.29) is 16.5 Å². The summed E-state index contributed by atoms with van der Waals surface area (Å²) in [5.41, 5.74) is 5.63. The SMILES string of the molecule is NC(=O)c1cc(NC(=O)C2CCC2C(=O)O)ccc1Cl. The first-order valence-electron chi connectivity index (χ1n) is 6.03. The second kappa shape index (κ2) is 5.50. The quantitative estimate of drug-likeness (QED) is 0.782. The third kappa shape index (κ3) is 2.75. The number of carboxylic acid groups (broad SMARTS) is 1. The van der Waals surface area contributed by atoms with Crippen LogP contribution in [0.15, 0.2) is 18.2 Å². The molecule has 106 valence electrons. The van der Waals surface area contributed by atoms with Crippen LogP contribution in [0.1, 0.15) is 23.2 Å². The molecule has 20 heavy (non-hydrogen) atoms. The maximum atomic E-state index is 12.0. The Balaban J connectivity index is 2.11. The molecule has 0 spiro atoms. The molecule has 1 aromatic carbocycles. The first-order valence-corrected chi connectivity index (χ1v) is 6.41. The molecular formula is C13H13ClN2O4. The molecule has 2 amide bonds. The van der Waals surface area contributed by atoms with Gasteiger partial charge in [0.1, 0.15) is 0 Å². The summed E-state index contributed by atoms with van der Waals surface area (Å²) in [6.07, 6.45) is 1.04. The number of aliphatic carboxylic acids is 1. The molecule has 0 aromatic heterocycles. The lowest BCUT2D eigenvalue weighted by molar-refractivity contribution is -0.151. The number of primary amides is 1. The number of anilines is 1. The number of hydrogen-bond acceptors (Lipinski definition) is 3. The topological polar surface area (TPSA) is 109 Å². The van der Waals surface area contributed by atoms with E-state index in [1.807, 2.05) is 0 Å². The minimum atomic E-state index is -0.967. The molecular weight excluding hydrogens is 284 g/mol. The third-order valence-electron chi connectivity index (χ3n) is 3.43. The van der Waals surface area contributed by atoms with E-state index in [2.05, 4.69) is 5.32 Å². The maximum Gasteiger partial charge on any atom is 0.307 e. The third-order valence-corrected chi connectivity index (χ3v) is 3.76. The molecule has 2 unspecified atom stereocenters. The average Bonchev–Trinajstić information content (AvgIpc) is 2.28. The largest absolute Gasteiger partial charge is 0.481 e. The normalized spacial score (nSPS) is 20.9. The standard InChI is InChI=1S/C13H13ClN2O4/c14-10-4-1-6(5-9(10)11(15)17)16-12(18)7-2-3-8(7)13(19)20/h1,4-5,7-8H,2-3H2,(H2,15,17)(H,16,18)(H,19,20). The van der Waals surface area contributed by atoms with Gasteiger partial charge in [-0.05, 0) is 31.0 Å². The number of amides is 2. The highest BCUT2D eigenvalue weighted by Gasteiger charge is 2.41. The van der Waals surface area contributed by atoms with Gasteiger partial charge in [-0.3, -0.25) is 14.4 Å². The van der Waals surface area contributed by atoms with Crippen molar-refractivity contribution in [3.8, 4) is 0 Å². The van der Waals surface area contributed by atoms with Gasteiger partial charge in [-0.1, -0.05) is 11.6 Å². The van der Waals surface area contributed by atoms with Crippen molar-refractivity contribution in [1.29, 1.82) is 0 Å². The number of nitrogens with two attached hydrogens (primary N) is 1. The summed E-state index contributed by atoms with van der Waals surface area (Å²) < 4.78 is 0. The number of rotatable bonds is 4. The van der Waals surface area contributed by atoms with E-state index >= 15 is 0 Å². The van der Waals surface area contributed by atoms with Crippen molar-refractivity contribution in [2.75, 3.05) is 5.32 Å². The van der Waals surface area contributed by atoms with E-state index in [1.54, 1.807) is 0 Å². The van der Waals surface area contributed by atoms with Crippen LogP contribution in [0.3, 0.4) is 0 Å². The van der Waals surface area contributed by atoms with Crippen molar-refractivity contribution in [3.63, 3.8) is 0 Å². The molecule has 1 fully saturated rings. The highest BCUT2D eigenvalue weighted by molar-refractivity contribution is 6.34. The molecule has 1 aliphatic rings. The predicted molar refractivity (Wildman–Crippen MR) is 72.4 cm³/mol. The number of nitrogens with one attached hydrogen (secondary N) is 1. The summed E-state index contributed by atoms with van der Waals surface area (Å²) in [5.74, 6) is -3.22. The Bertz CT molecular complexity index is 588. The fourth-order valence-corrected chi connectivity index (χ4v) is 2.35. The molecule has 1 aromatic rings. The lowest BCUT2D eigenvalue weighted by atomic mass is 9.73. The molecule has 7 heteroatoms. The predicted octanol–water partition coefficient (Wildman–Crippen LogP) is 1.49. The van der Waals surface area contributed by atoms with Crippen LogP contribution in [0.4, 0.5) is 5.69 Å². The molecule has 6 nitrogen and oxygen atoms in total. The van der Waals surface area contributed by atoms with Crippen LogP contribution in [0.5, 0.6) is 0 Å². The Morgan fingerprint density at radius 3 is 2.40 bits per heavy atom. The average molecular weight is 297 g/mol. The van der Waals surface area contributed by atoms with Gasteiger partial charge in [-0.15, -0.1) is 0 Å². The van der Waals surface area contributed by atoms with Crippen molar-refractivity contribution in [2.45, 2.75) is 12.8 Å². The first kappa shape index (κ1) is 14.3. The van der Waals surface area contributed by atoms with Gasteiger partial charge in [-0.25, -0.2) is 0 Å². The first-order chi connectivity index (χ1) is 9.40. The van der Waals surface area contributed by atoms with Crippen molar-refractivity contribution < 1.29 is 19.5 Å². The Morgan fingerprint density at radius 1 is 1.25 bits per heavy atom. The Hall–Kier alpha value is -2.08. The van der Waals surface area contributed by atoms with Gasteiger partial charge >= 0.3 is 5.97 Å². The molecule has 4 N–H and O–H groups in total. The van der Waals surface area contributed by atoms with E-state index in [9.17, 15) is 14.4 Å².